The molecule has 1 saturated heterocycles. The molecule has 5 nitrogen and oxygen atoms in total. The number of halogens is 1. The van der Waals surface area contributed by atoms with Crippen molar-refractivity contribution in [2.24, 2.45) is 5.73 Å². The highest BCUT2D eigenvalue weighted by atomic mass is 35.5. The Morgan fingerprint density at radius 2 is 2.29 bits per heavy atom. The monoisotopic (exact) mass is 354 g/mol. The summed E-state index contributed by atoms with van der Waals surface area (Å²) in [6.07, 6.45) is 4.19. The molecule has 1 unspecified atom stereocenters. The average molecular weight is 355 g/mol. The number of amides is 1. The summed E-state index contributed by atoms with van der Waals surface area (Å²) >= 11 is 6.24. The van der Waals surface area contributed by atoms with Crippen LogP contribution in [0.3, 0.4) is 0 Å². The minimum atomic E-state index is -0.0259. The minimum absolute atomic E-state index is 0.0259. The number of benzene rings is 1. The number of carbonyl (C=O) groups is 1. The van der Waals surface area contributed by atoms with Gasteiger partial charge in [-0.25, -0.2) is 0 Å². The minimum Gasteiger partial charge on any atom is -0.492 e. The highest BCUT2D eigenvalue weighted by Gasteiger charge is 2.22. The Morgan fingerprint density at radius 1 is 1.46 bits per heavy atom. The molecule has 0 saturated carbocycles. The van der Waals surface area contributed by atoms with Crippen molar-refractivity contribution in [1.29, 1.82) is 0 Å². The maximum absolute atomic E-state index is 12.7. The Kier molecular flexibility index (Phi) is 7.82. The van der Waals surface area contributed by atoms with Crippen LogP contribution >= 0.6 is 11.6 Å². The van der Waals surface area contributed by atoms with Crippen LogP contribution in [-0.4, -0.2) is 49.8 Å². The first-order valence-corrected chi connectivity index (χ1v) is 9.06. The lowest BCUT2D eigenvalue weighted by Crippen LogP contribution is -2.39. The number of ether oxygens (including phenoxy) is 2. The van der Waals surface area contributed by atoms with Crippen molar-refractivity contribution in [3.63, 3.8) is 0 Å². The molecule has 0 bridgehead atoms. The molecule has 2 N–H and O–H groups in total. The van der Waals surface area contributed by atoms with Gasteiger partial charge in [0.2, 0.25) is 0 Å². The molecule has 1 aromatic carbocycles. The van der Waals surface area contributed by atoms with Crippen LogP contribution in [0.15, 0.2) is 18.2 Å². The van der Waals surface area contributed by atoms with E-state index in [0.717, 1.165) is 32.3 Å². The Morgan fingerprint density at radius 3 is 2.92 bits per heavy atom. The van der Waals surface area contributed by atoms with E-state index in [1.165, 1.54) is 0 Å². The number of nitrogens with two attached hydrogens (primary N) is 1. The van der Waals surface area contributed by atoms with Gasteiger partial charge in [0.05, 0.1) is 17.7 Å². The normalized spacial score (nSPS) is 17.5. The second kappa shape index (κ2) is 9.87. The molecule has 1 aliphatic rings. The van der Waals surface area contributed by atoms with Crippen molar-refractivity contribution >= 4 is 17.5 Å². The largest absolute Gasteiger partial charge is 0.492 e. The molecule has 1 aliphatic heterocycles. The first-order valence-electron chi connectivity index (χ1n) is 8.69. The molecule has 1 heterocycles. The summed E-state index contributed by atoms with van der Waals surface area (Å²) < 4.78 is 11.3. The van der Waals surface area contributed by atoms with E-state index in [0.29, 0.717) is 42.6 Å². The van der Waals surface area contributed by atoms with Gasteiger partial charge in [-0.1, -0.05) is 11.6 Å². The Labute approximate surface area is 149 Å². The van der Waals surface area contributed by atoms with Crippen molar-refractivity contribution in [3.05, 3.63) is 28.8 Å². The Balaban J connectivity index is 1.99. The molecule has 2 rings (SSSR count). The van der Waals surface area contributed by atoms with Crippen LogP contribution in [0.5, 0.6) is 5.75 Å². The van der Waals surface area contributed by atoms with Crippen LogP contribution in [0, 0.1) is 0 Å². The van der Waals surface area contributed by atoms with E-state index in [4.69, 9.17) is 26.8 Å². The first kappa shape index (κ1) is 19.0. The highest BCUT2D eigenvalue weighted by molar-refractivity contribution is 6.32. The Bertz CT molecular complexity index is 533. The fourth-order valence-electron chi connectivity index (χ4n) is 2.75. The fourth-order valence-corrected chi connectivity index (χ4v) is 2.99. The van der Waals surface area contributed by atoms with E-state index >= 15 is 0 Å². The lowest BCUT2D eigenvalue weighted by Gasteiger charge is -2.29. The predicted octanol–water partition coefficient (Wildman–Crippen LogP) is 3.10. The van der Waals surface area contributed by atoms with E-state index in [1.807, 2.05) is 11.8 Å². The molecule has 24 heavy (non-hydrogen) atoms. The quantitative estimate of drug-likeness (QED) is 0.728. The summed E-state index contributed by atoms with van der Waals surface area (Å²) in [6, 6.07) is 5.18. The van der Waals surface area contributed by atoms with E-state index in [-0.39, 0.29) is 12.0 Å². The zero-order chi connectivity index (χ0) is 17.4. The van der Waals surface area contributed by atoms with Crippen molar-refractivity contribution in [3.8, 4) is 5.75 Å². The molecular weight excluding hydrogens is 328 g/mol. The van der Waals surface area contributed by atoms with Gasteiger partial charge in [-0.05, 0) is 57.4 Å². The van der Waals surface area contributed by atoms with E-state index in [9.17, 15) is 4.79 Å². The van der Waals surface area contributed by atoms with Crippen LogP contribution in [0.25, 0.3) is 0 Å². The first-order chi connectivity index (χ1) is 11.7. The third kappa shape index (κ3) is 5.36. The standard InChI is InChI=1S/C18H27ClN2O3/c1-2-21(13-15-6-3-4-10-23-15)18(22)14-7-8-17(16(19)12-14)24-11-5-9-20/h7-8,12,15H,2-6,9-11,13,20H2,1H3. The van der Waals surface area contributed by atoms with Gasteiger partial charge in [0.25, 0.3) is 5.91 Å². The molecule has 1 fully saturated rings. The number of hydrogen-bond acceptors (Lipinski definition) is 4. The highest BCUT2D eigenvalue weighted by Crippen LogP contribution is 2.26. The molecular formula is C18H27ClN2O3. The number of nitrogens with zero attached hydrogens (tertiary/aromatic N) is 1. The molecule has 0 radical (unpaired) electrons. The number of hydrogen-bond donors (Lipinski definition) is 1. The lowest BCUT2D eigenvalue weighted by molar-refractivity contribution is -0.00311. The van der Waals surface area contributed by atoms with Gasteiger partial charge in [-0.15, -0.1) is 0 Å². The van der Waals surface area contributed by atoms with E-state index < -0.39 is 0 Å². The van der Waals surface area contributed by atoms with Gasteiger partial charge in [-0.3, -0.25) is 4.79 Å². The molecule has 0 spiro atoms. The SMILES string of the molecule is CCN(CC1CCCCO1)C(=O)c1ccc(OCCCN)c(Cl)c1. The maximum atomic E-state index is 12.7. The third-order valence-corrected chi connectivity index (χ3v) is 4.45. The summed E-state index contributed by atoms with van der Waals surface area (Å²) in [5.74, 6) is 0.558. The van der Waals surface area contributed by atoms with Crippen LogP contribution < -0.4 is 10.5 Å². The zero-order valence-electron chi connectivity index (χ0n) is 14.3. The molecule has 6 heteroatoms. The second-order valence-corrected chi connectivity index (χ2v) is 6.38. The number of rotatable bonds is 8. The lowest BCUT2D eigenvalue weighted by atomic mass is 10.1. The van der Waals surface area contributed by atoms with Crippen LogP contribution in [0.4, 0.5) is 0 Å². The molecule has 134 valence electrons. The van der Waals surface area contributed by atoms with Crippen molar-refractivity contribution in [2.75, 3.05) is 32.8 Å². The second-order valence-electron chi connectivity index (χ2n) is 5.97. The number of carbonyl (C=O) groups excluding carboxylic acids is 1. The summed E-state index contributed by atoms with van der Waals surface area (Å²) in [7, 11) is 0. The Hall–Kier alpha value is -1.30. The fraction of sp³-hybridized carbons (Fsp3) is 0.611. The van der Waals surface area contributed by atoms with Gasteiger partial charge < -0.3 is 20.1 Å². The van der Waals surface area contributed by atoms with Gasteiger partial charge >= 0.3 is 0 Å². The maximum Gasteiger partial charge on any atom is 0.253 e. The van der Waals surface area contributed by atoms with Crippen LogP contribution in [0.2, 0.25) is 5.02 Å². The third-order valence-electron chi connectivity index (χ3n) is 4.15. The van der Waals surface area contributed by atoms with Gasteiger partial charge in [0.15, 0.2) is 0 Å². The van der Waals surface area contributed by atoms with Crippen LogP contribution in [0.1, 0.15) is 43.0 Å². The summed E-state index contributed by atoms with van der Waals surface area (Å²) in [6.45, 7) is 5.13. The zero-order valence-corrected chi connectivity index (χ0v) is 15.1. The van der Waals surface area contributed by atoms with E-state index in [1.54, 1.807) is 18.2 Å². The average Bonchev–Trinajstić information content (AvgIpc) is 2.61. The van der Waals surface area contributed by atoms with Gasteiger partial charge in [-0.2, -0.15) is 0 Å². The molecule has 1 aromatic rings. The molecule has 1 amide bonds. The molecule has 1 atom stereocenters. The van der Waals surface area contributed by atoms with Gasteiger partial charge in [0.1, 0.15) is 5.75 Å². The van der Waals surface area contributed by atoms with E-state index in [2.05, 4.69) is 0 Å². The summed E-state index contributed by atoms with van der Waals surface area (Å²) in [5.41, 5.74) is 6.02. The predicted molar refractivity (Wildman–Crippen MR) is 95.8 cm³/mol. The summed E-state index contributed by atoms with van der Waals surface area (Å²) in [4.78, 5) is 14.5. The van der Waals surface area contributed by atoms with Gasteiger partial charge in [0, 0.05) is 25.3 Å². The molecule has 0 aliphatic carbocycles. The molecule has 0 aromatic heterocycles. The van der Waals surface area contributed by atoms with Crippen molar-refractivity contribution < 1.29 is 14.3 Å². The smallest absolute Gasteiger partial charge is 0.253 e. The van der Waals surface area contributed by atoms with Crippen molar-refractivity contribution in [1.82, 2.24) is 4.90 Å². The summed E-state index contributed by atoms with van der Waals surface area (Å²) in [5, 5.41) is 0.447. The topological polar surface area (TPSA) is 64.8 Å². The van der Waals surface area contributed by atoms with Crippen LogP contribution in [-0.2, 0) is 4.74 Å². The van der Waals surface area contributed by atoms with Crippen molar-refractivity contribution in [2.45, 2.75) is 38.7 Å². The number of likely N-dealkylation sites (N-methyl/N-ethyl adjacent to an activating group) is 1.